The van der Waals surface area contributed by atoms with Crippen molar-refractivity contribution in [2.24, 2.45) is 4.99 Å². The highest BCUT2D eigenvalue weighted by molar-refractivity contribution is 6.04. The molecular weight excluding hydrogens is 298 g/mol. The van der Waals surface area contributed by atoms with E-state index in [4.69, 9.17) is 5.11 Å². The van der Waals surface area contributed by atoms with Gasteiger partial charge < -0.3 is 20.2 Å². The van der Waals surface area contributed by atoms with E-state index in [1.54, 1.807) is 7.05 Å². The van der Waals surface area contributed by atoms with Gasteiger partial charge >= 0.3 is 6.03 Å². The molecule has 0 spiro atoms. The van der Waals surface area contributed by atoms with Gasteiger partial charge in [-0.2, -0.15) is 0 Å². The van der Waals surface area contributed by atoms with Gasteiger partial charge in [-0.15, -0.1) is 0 Å². The Labute approximate surface area is 133 Å². The van der Waals surface area contributed by atoms with Crippen molar-refractivity contribution in [3.63, 3.8) is 0 Å². The fraction of sp³-hybridized carbons (Fsp3) is 0.400. The summed E-state index contributed by atoms with van der Waals surface area (Å²) in [5, 5.41) is 14.5. The molecule has 1 aromatic rings. The van der Waals surface area contributed by atoms with Gasteiger partial charge in [-0.3, -0.25) is 15.1 Å². The highest BCUT2D eigenvalue weighted by Gasteiger charge is 2.49. The lowest BCUT2D eigenvalue weighted by atomic mass is 10.1. The maximum atomic E-state index is 12.3. The standard InChI is InChI=1S/C15H19N5O3/c1-19-12-11(13(22)18-15(19)23)20(14(17-12)16-7-8-21)9-10-5-3-2-4-6-10/h2-6,11-12,21H,7-9H2,1H3,(H,16,17)(H,18,22,23). The van der Waals surface area contributed by atoms with Crippen LogP contribution in [0.25, 0.3) is 0 Å². The van der Waals surface area contributed by atoms with Crippen molar-refractivity contribution in [3.8, 4) is 0 Å². The molecule has 0 aromatic heterocycles. The second-order valence-corrected chi connectivity index (χ2v) is 5.48. The first-order chi connectivity index (χ1) is 11.1. The lowest BCUT2D eigenvalue weighted by molar-refractivity contribution is -0.127. The third-order valence-electron chi connectivity index (χ3n) is 3.98. The Balaban J connectivity index is 1.91. The molecule has 2 aliphatic rings. The van der Waals surface area contributed by atoms with Gasteiger partial charge in [-0.25, -0.2) is 4.79 Å². The Bertz CT molecular complexity index is 633. The first-order valence-electron chi connectivity index (χ1n) is 7.42. The van der Waals surface area contributed by atoms with Crippen LogP contribution >= 0.6 is 0 Å². The number of aliphatic hydroxyl groups excluding tert-OH is 1. The topological polar surface area (TPSA) is 97.3 Å². The number of carbonyl (C=O) groups is 2. The first-order valence-corrected chi connectivity index (χ1v) is 7.42. The van der Waals surface area contributed by atoms with Gasteiger partial charge in [0.05, 0.1) is 13.2 Å². The number of rotatable bonds is 4. The minimum Gasteiger partial charge on any atom is -0.394 e. The Kier molecular flexibility index (Phi) is 4.16. The molecule has 0 radical (unpaired) electrons. The molecule has 23 heavy (non-hydrogen) atoms. The Morgan fingerprint density at radius 2 is 2.00 bits per heavy atom. The number of aliphatic hydroxyl groups is 1. The third-order valence-corrected chi connectivity index (χ3v) is 3.98. The van der Waals surface area contributed by atoms with Gasteiger partial charge in [0.15, 0.2) is 12.0 Å². The number of nitrogens with one attached hydrogen (secondary N) is 2. The molecule has 0 bridgehead atoms. The molecular formula is C15H19N5O3. The summed E-state index contributed by atoms with van der Waals surface area (Å²) in [5.74, 6) is 0.158. The summed E-state index contributed by atoms with van der Waals surface area (Å²) in [5.41, 5.74) is 1.03. The molecule has 0 saturated carbocycles. The van der Waals surface area contributed by atoms with Crippen molar-refractivity contribution >= 4 is 17.9 Å². The number of benzene rings is 1. The molecule has 8 nitrogen and oxygen atoms in total. The Morgan fingerprint density at radius 1 is 1.26 bits per heavy atom. The van der Waals surface area contributed by atoms with Crippen LogP contribution in [0.4, 0.5) is 4.79 Å². The Hall–Kier alpha value is -2.61. The van der Waals surface area contributed by atoms with E-state index >= 15 is 0 Å². The van der Waals surface area contributed by atoms with E-state index in [2.05, 4.69) is 15.6 Å². The fourth-order valence-electron chi connectivity index (χ4n) is 2.83. The first kappa shape index (κ1) is 15.3. The van der Waals surface area contributed by atoms with Crippen LogP contribution in [0.3, 0.4) is 0 Å². The fourth-order valence-corrected chi connectivity index (χ4v) is 2.83. The lowest BCUT2D eigenvalue weighted by Crippen LogP contribution is -2.64. The van der Waals surface area contributed by atoms with E-state index in [0.717, 1.165) is 5.56 Å². The summed E-state index contributed by atoms with van der Waals surface area (Å²) in [6.07, 6.45) is -0.475. The van der Waals surface area contributed by atoms with Gasteiger partial charge in [0.1, 0.15) is 6.17 Å². The van der Waals surface area contributed by atoms with Crippen LogP contribution < -0.4 is 10.6 Å². The van der Waals surface area contributed by atoms with Crippen LogP contribution in [0, 0.1) is 0 Å². The van der Waals surface area contributed by atoms with E-state index in [1.165, 1.54) is 4.90 Å². The maximum Gasteiger partial charge on any atom is 0.325 e. The van der Waals surface area contributed by atoms with Crippen molar-refractivity contribution < 1.29 is 14.7 Å². The molecule has 2 heterocycles. The number of aliphatic imine (C=N–C) groups is 1. The largest absolute Gasteiger partial charge is 0.394 e. The second-order valence-electron chi connectivity index (χ2n) is 5.48. The highest BCUT2D eigenvalue weighted by atomic mass is 16.3. The van der Waals surface area contributed by atoms with E-state index in [0.29, 0.717) is 12.5 Å². The lowest BCUT2D eigenvalue weighted by Gasteiger charge is -2.35. The van der Waals surface area contributed by atoms with Crippen LogP contribution in [0.15, 0.2) is 35.3 Å². The molecule has 0 aliphatic carbocycles. The van der Waals surface area contributed by atoms with Gasteiger partial charge in [-0.1, -0.05) is 30.3 Å². The minimum absolute atomic E-state index is 0.0827. The van der Waals surface area contributed by atoms with Gasteiger partial charge in [0, 0.05) is 13.6 Å². The van der Waals surface area contributed by atoms with Crippen molar-refractivity contribution in [1.29, 1.82) is 0 Å². The smallest absolute Gasteiger partial charge is 0.325 e. The number of guanidine groups is 1. The van der Waals surface area contributed by atoms with Crippen molar-refractivity contribution in [3.05, 3.63) is 35.9 Å². The second kappa shape index (κ2) is 6.25. The number of carbonyl (C=O) groups excluding carboxylic acids is 2. The van der Waals surface area contributed by atoms with E-state index in [-0.39, 0.29) is 19.1 Å². The average Bonchev–Trinajstić information content (AvgIpc) is 2.91. The van der Waals surface area contributed by atoms with Crippen molar-refractivity contribution in [1.82, 2.24) is 20.4 Å². The molecule has 2 unspecified atom stereocenters. The van der Waals surface area contributed by atoms with Crippen molar-refractivity contribution in [2.45, 2.75) is 18.8 Å². The number of fused-ring (bicyclic) bond motifs is 1. The molecule has 2 aliphatic heterocycles. The normalized spacial score (nSPS) is 25.4. The van der Waals surface area contributed by atoms with E-state index < -0.39 is 18.2 Å². The van der Waals surface area contributed by atoms with Crippen LogP contribution in [0.1, 0.15) is 5.56 Å². The molecule has 2 fully saturated rings. The zero-order valence-electron chi connectivity index (χ0n) is 12.8. The molecule has 3 amide bonds. The number of hydrogen-bond acceptors (Lipinski definition) is 4. The SMILES string of the molecule is CN1C(=O)NC(=O)C2C1NC(=NCCO)N2Cc1ccccc1. The molecule has 3 rings (SSSR count). The molecule has 3 N–H and O–H groups in total. The number of imide groups is 1. The van der Waals surface area contributed by atoms with Gasteiger partial charge in [0.25, 0.3) is 5.91 Å². The Morgan fingerprint density at radius 3 is 2.70 bits per heavy atom. The van der Waals surface area contributed by atoms with Crippen LogP contribution in [0.2, 0.25) is 0 Å². The molecule has 8 heteroatoms. The predicted octanol–water partition coefficient (Wildman–Crippen LogP) is -0.684. The van der Waals surface area contributed by atoms with Gasteiger partial charge in [-0.05, 0) is 5.56 Å². The molecule has 2 saturated heterocycles. The van der Waals surface area contributed by atoms with E-state index in [1.807, 2.05) is 35.2 Å². The summed E-state index contributed by atoms with van der Waals surface area (Å²) in [6, 6.07) is 8.71. The summed E-state index contributed by atoms with van der Waals surface area (Å²) >= 11 is 0. The average molecular weight is 317 g/mol. The summed E-state index contributed by atoms with van der Waals surface area (Å²) < 4.78 is 0. The minimum atomic E-state index is -0.560. The van der Waals surface area contributed by atoms with Crippen LogP contribution in [0.5, 0.6) is 0 Å². The predicted molar refractivity (Wildman–Crippen MR) is 83.4 cm³/mol. The summed E-state index contributed by atoms with van der Waals surface area (Å²) in [4.78, 5) is 31.7. The molecule has 122 valence electrons. The van der Waals surface area contributed by atoms with E-state index in [9.17, 15) is 9.59 Å². The number of likely N-dealkylation sites (N-methyl/N-ethyl adjacent to an activating group) is 1. The van der Waals surface area contributed by atoms with Crippen LogP contribution in [-0.2, 0) is 11.3 Å². The number of amides is 3. The zero-order chi connectivity index (χ0) is 16.4. The molecule has 2 atom stereocenters. The van der Waals surface area contributed by atoms with Crippen molar-refractivity contribution in [2.75, 3.05) is 20.2 Å². The third kappa shape index (κ3) is 2.85. The number of urea groups is 1. The number of hydrogen-bond donors (Lipinski definition) is 3. The molecule has 1 aromatic carbocycles. The summed E-state index contributed by atoms with van der Waals surface area (Å²) in [7, 11) is 1.63. The zero-order valence-corrected chi connectivity index (χ0v) is 12.8. The monoisotopic (exact) mass is 317 g/mol. The summed E-state index contributed by atoms with van der Waals surface area (Å²) in [6.45, 7) is 0.627. The quantitative estimate of drug-likeness (QED) is 0.683. The maximum absolute atomic E-state index is 12.3. The number of nitrogens with zero attached hydrogens (tertiary/aromatic N) is 3. The van der Waals surface area contributed by atoms with Crippen LogP contribution in [-0.4, -0.2) is 65.2 Å². The highest BCUT2D eigenvalue weighted by Crippen LogP contribution is 2.22. The van der Waals surface area contributed by atoms with Gasteiger partial charge in [0.2, 0.25) is 0 Å².